The molecule has 10 heteroatoms. The highest BCUT2D eigenvalue weighted by molar-refractivity contribution is 6.08. The summed E-state index contributed by atoms with van der Waals surface area (Å²) in [4.78, 5) is 34.1. The topological polar surface area (TPSA) is 101 Å². The Morgan fingerprint density at radius 1 is 1.03 bits per heavy atom. The zero-order valence-corrected chi connectivity index (χ0v) is 20.6. The number of halogens is 2. The molecule has 0 N–H and O–H groups in total. The summed E-state index contributed by atoms with van der Waals surface area (Å²) in [5, 5.41) is 0. The maximum absolute atomic E-state index is 13.1. The van der Waals surface area contributed by atoms with E-state index in [0.29, 0.717) is 16.8 Å². The highest BCUT2D eigenvalue weighted by Crippen LogP contribution is 2.34. The second kappa shape index (κ2) is 12.1. The second-order valence-electron chi connectivity index (χ2n) is 8.27. The molecule has 1 unspecified atom stereocenters. The molecule has 0 bridgehead atoms. The molecule has 196 valence electrons. The molecule has 0 spiro atoms. The Morgan fingerprint density at radius 2 is 1.82 bits per heavy atom. The van der Waals surface area contributed by atoms with Gasteiger partial charge in [0.1, 0.15) is 24.5 Å². The number of aryl methyl sites for hydroxylation is 1. The Hall–Kier alpha value is -4.60. The molecule has 4 aromatic rings. The zero-order chi connectivity index (χ0) is 27.1. The predicted molar refractivity (Wildman–Crippen MR) is 132 cm³/mol. The van der Waals surface area contributed by atoms with E-state index < -0.39 is 24.3 Å². The lowest BCUT2D eigenvalue weighted by atomic mass is 9.94. The molecule has 0 saturated heterocycles. The number of benzene rings is 2. The van der Waals surface area contributed by atoms with Gasteiger partial charge in [-0.1, -0.05) is 36.4 Å². The molecule has 38 heavy (non-hydrogen) atoms. The largest absolute Gasteiger partial charge is 0.485 e. The van der Waals surface area contributed by atoms with E-state index in [1.807, 2.05) is 30.3 Å². The van der Waals surface area contributed by atoms with Crippen LogP contribution in [0.3, 0.4) is 0 Å². The van der Waals surface area contributed by atoms with Crippen LogP contribution in [0.1, 0.15) is 27.3 Å². The fourth-order valence-electron chi connectivity index (χ4n) is 3.76. The van der Waals surface area contributed by atoms with Crippen LogP contribution < -0.4 is 9.47 Å². The van der Waals surface area contributed by atoms with Gasteiger partial charge in [-0.15, -0.1) is 0 Å². The number of aromatic nitrogens is 2. The van der Waals surface area contributed by atoms with Gasteiger partial charge < -0.3 is 18.6 Å². The molecule has 0 aliphatic heterocycles. The Labute approximate surface area is 217 Å². The second-order valence-corrected chi connectivity index (χ2v) is 8.27. The van der Waals surface area contributed by atoms with E-state index in [9.17, 15) is 18.4 Å². The fourth-order valence-corrected chi connectivity index (χ4v) is 3.76. The highest BCUT2D eigenvalue weighted by atomic mass is 19.3. The van der Waals surface area contributed by atoms with Crippen LogP contribution in [0.2, 0.25) is 0 Å². The smallest absolute Gasteiger partial charge is 0.387 e. The van der Waals surface area contributed by atoms with Crippen molar-refractivity contribution in [1.82, 2.24) is 9.97 Å². The van der Waals surface area contributed by atoms with Gasteiger partial charge in [0, 0.05) is 18.2 Å². The number of carbonyl (C=O) groups excluding carboxylic acids is 2. The first-order valence-electron chi connectivity index (χ1n) is 11.6. The number of esters is 1. The fraction of sp³-hybridized carbons (Fsp3) is 0.214. The Bertz CT molecular complexity index is 1410. The zero-order valence-electron chi connectivity index (χ0n) is 20.6. The number of ether oxygens (including phenoxy) is 3. The number of nitrogens with zero attached hydrogens (tertiary/aromatic N) is 2. The number of alkyl halides is 2. The van der Waals surface area contributed by atoms with Gasteiger partial charge in [0.15, 0.2) is 17.3 Å². The Morgan fingerprint density at radius 3 is 2.53 bits per heavy atom. The molecule has 1 atom stereocenters. The average molecular weight is 523 g/mol. The maximum atomic E-state index is 13.1. The van der Waals surface area contributed by atoms with Crippen molar-refractivity contribution in [3.8, 4) is 23.0 Å². The van der Waals surface area contributed by atoms with Gasteiger partial charge in [-0.05, 0) is 42.3 Å². The SMILES string of the molecule is COC(=O)C(Cc1coc(-c2ccc(OC(F)F)c(OCc3ccccc3)c2)n1)C(=O)c1ncccc1C. The predicted octanol–water partition coefficient (Wildman–Crippen LogP) is 5.44. The molecule has 0 radical (unpaired) electrons. The molecule has 0 amide bonds. The van der Waals surface area contributed by atoms with Crippen LogP contribution in [0.4, 0.5) is 8.78 Å². The number of rotatable bonds is 11. The van der Waals surface area contributed by atoms with Crippen LogP contribution in [-0.4, -0.2) is 35.4 Å². The van der Waals surface area contributed by atoms with Gasteiger partial charge in [-0.2, -0.15) is 8.78 Å². The van der Waals surface area contributed by atoms with E-state index in [-0.39, 0.29) is 36.1 Å². The lowest BCUT2D eigenvalue weighted by Crippen LogP contribution is -2.29. The van der Waals surface area contributed by atoms with E-state index in [2.05, 4.69) is 14.7 Å². The molecule has 0 saturated carbocycles. The molecule has 0 aliphatic carbocycles. The van der Waals surface area contributed by atoms with Gasteiger partial charge in [-0.25, -0.2) is 4.98 Å². The third-order valence-electron chi connectivity index (χ3n) is 5.65. The molecule has 8 nitrogen and oxygen atoms in total. The third-order valence-corrected chi connectivity index (χ3v) is 5.65. The van der Waals surface area contributed by atoms with E-state index >= 15 is 0 Å². The Kier molecular flexibility index (Phi) is 8.42. The minimum absolute atomic E-state index is 0.0691. The molecule has 2 heterocycles. The highest BCUT2D eigenvalue weighted by Gasteiger charge is 2.31. The number of hydrogen-bond acceptors (Lipinski definition) is 8. The maximum Gasteiger partial charge on any atom is 0.387 e. The Balaban J connectivity index is 1.57. The average Bonchev–Trinajstić information content (AvgIpc) is 3.39. The van der Waals surface area contributed by atoms with Crippen molar-refractivity contribution < 1.29 is 37.0 Å². The van der Waals surface area contributed by atoms with Gasteiger partial charge in [0.25, 0.3) is 0 Å². The van der Waals surface area contributed by atoms with Crippen molar-refractivity contribution in [3.05, 3.63) is 95.6 Å². The summed E-state index contributed by atoms with van der Waals surface area (Å²) in [6.45, 7) is -1.19. The van der Waals surface area contributed by atoms with Crippen molar-refractivity contribution in [2.75, 3.05) is 7.11 Å². The molecule has 0 aliphatic rings. The van der Waals surface area contributed by atoms with Crippen molar-refractivity contribution >= 4 is 11.8 Å². The molecule has 2 aromatic carbocycles. The minimum Gasteiger partial charge on any atom is -0.485 e. The third kappa shape index (κ3) is 6.39. The molecular formula is C28H24F2N2O6. The lowest BCUT2D eigenvalue weighted by Gasteiger charge is -2.13. The van der Waals surface area contributed by atoms with Crippen molar-refractivity contribution in [2.24, 2.45) is 5.92 Å². The monoisotopic (exact) mass is 522 g/mol. The van der Waals surface area contributed by atoms with Crippen molar-refractivity contribution in [1.29, 1.82) is 0 Å². The van der Waals surface area contributed by atoms with E-state index in [4.69, 9.17) is 13.9 Å². The number of hydrogen-bond donors (Lipinski definition) is 0. The van der Waals surface area contributed by atoms with Crippen LogP contribution in [0.25, 0.3) is 11.5 Å². The van der Waals surface area contributed by atoms with Crippen molar-refractivity contribution in [2.45, 2.75) is 26.6 Å². The molecule has 4 rings (SSSR count). The van der Waals surface area contributed by atoms with Gasteiger partial charge in [0.2, 0.25) is 5.89 Å². The summed E-state index contributed by atoms with van der Waals surface area (Å²) < 4.78 is 46.7. The van der Waals surface area contributed by atoms with Gasteiger partial charge >= 0.3 is 12.6 Å². The van der Waals surface area contributed by atoms with Crippen LogP contribution in [-0.2, 0) is 22.6 Å². The summed E-state index contributed by atoms with van der Waals surface area (Å²) in [7, 11) is 1.20. The standard InChI is InChI=1S/C28H24F2N2O6/c1-17-7-6-12-31-24(17)25(33)21(27(34)35-2)14-20-16-37-26(32-20)19-10-11-22(38-28(29)30)23(13-19)36-15-18-8-4-3-5-9-18/h3-13,16,21,28H,14-15H2,1-2H3. The van der Waals surface area contributed by atoms with Crippen LogP contribution in [0.5, 0.6) is 11.5 Å². The quantitative estimate of drug-likeness (QED) is 0.146. The number of methoxy groups -OCH3 is 1. The summed E-state index contributed by atoms with van der Waals surface area (Å²) in [6, 6.07) is 16.9. The van der Waals surface area contributed by atoms with Gasteiger partial charge in [-0.3, -0.25) is 14.6 Å². The first-order valence-corrected chi connectivity index (χ1v) is 11.6. The minimum atomic E-state index is -3.04. The summed E-state index contributed by atoms with van der Waals surface area (Å²) in [5.41, 5.74) is 2.36. The number of ketones is 1. The summed E-state index contributed by atoms with van der Waals surface area (Å²) in [6.07, 6.45) is 2.70. The number of pyridine rings is 1. The summed E-state index contributed by atoms with van der Waals surface area (Å²) in [5.74, 6) is -2.34. The van der Waals surface area contributed by atoms with Crippen molar-refractivity contribution in [3.63, 3.8) is 0 Å². The normalized spacial score (nSPS) is 11.7. The van der Waals surface area contributed by atoms with E-state index in [0.717, 1.165) is 5.56 Å². The van der Waals surface area contributed by atoms with Crippen LogP contribution >= 0.6 is 0 Å². The van der Waals surface area contributed by atoms with Crippen LogP contribution in [0.15, 0.2) is 77.5 Å². The van der Waals surface area contributed by atoms with Crippen LogP contribution in [0, 0.1) is 12.8 Å². The first kappa shape index (κ1) is 26.5. The number of oxazole rings is 1. The number of carbonyl (C=O) groups is 2. The van der Waals surface area contributed by atoms with E-state index in [1.165, 1.54) is 37.8 Å². The first-order chi connectivity index (χ1) is 18.4. The lowest BCUT2D eigenvalue weighted by molar-refractivity contribution is -0.143. The number of Topliss-reactive ketones (excluding diaryl/α,β-unsaturated/α-hetero) is 1. The molecule has 2 aromatic heterocycles. The molecule has 0 fully saturated rings. The van der Waals surface area contributed by atoms with Gasteiger partial charge in [0.05, 0.1) is 12.8 Å². The summed E-state index contributed by atoms with van der Waals surface area (Å²) >= 11 is 0. The van der Waals surface area contributed by atoms with E-state index in [1.54, 1.807) is 19.1 Å². The molecular weight excluding hydrogens is 498 g/mol.